The zero-order valence-corrected chi connectivity index (χ0v) is 9.65. The maximum atomic E-state index is 13.3. The summed E-state index contributed by atoms with van der Waals surface area (Å²) in [6.07, 6.45) is 0. The molecule has 0 aliphatic carbocycles. The largest absolute Gasteiger partial charge is 0.478 e. The van der Waals surface area contributed by atoms with Gasteiger partial charge in [0.15, 0.2) is 5.11 Å². The molecule has 0 spiro atoms. The smallest absolute Gasteiger partial charge is 0.339 e. The first-order chi connectivity index (χ1) is 6.93. The lowest BCUT2D eigenvalue weighted by Crippen LogP contribution is -2.21. The van der Waals surface area contributed by atoms with Crippen molar-refractivity contribution in [1.29, 1.82) is 0 Å². The van der Waals surface area contributed by atoms with E-state index in [0.717, 1.165) is 6.07 Å². The number of hydrogen-bond acceptors (Lipinski definition) is 2. The van der Waals surface area contributed by atoms with Crippen LogP contribution in [-0.2, 0) is 0 Å². The molecule has 0 aromatic heterocycles. The zero-order chi connectivity index (χ0) is 11.6. The van der Waals surface area contributed by atoms with Crippen molar-refractivity contribution in [2.75, 3.05) is 5.32 Å². The fourth-order valence-corrected chi connectivity index (χ4v) is 1.61. The molecule has 0 bridgehead atoms. The van der Waals surface area contributed by atoms with Crippen LogP contribution in [-0.4, -0.2) is 16.2 Å². The molecule has 80 valence electrons. The average Bonchev–Trinajstić information content (AvgIpc) is 2.10. The normalized spacial score (nSPS) is 9.73. The van der Waals surface area contributed by atoms with Gasteiger partial charge in [0.05, 0.1) is 5.69 Å². The van der Waals surface area contributed by atoms with Crippen LogP contribution in [0.1, 0.15) is 10.4 Å². The van der Waals surface area contributed by atoms with Crippen molar-refractivity contribution < 1.29 is 14.3 Å². The monoisotopic (exact) mass is 292 g/mol. The second-order valence-electron chi connectivity index (χ2n) is 2.57. The van der Waals surface area contributed by atoms with Crippen molar-refractivity contribution in [2.45, 2.75) is 0 Å². The maximum Gasteiger partial charge on any atom is 0.339 e. The van der Waals surface area contributed by atoms with Gasteiger partial charge in [0.1, 0.15) is 11.4 Å². The van der Waals surface area contributed by atoms with Gasteiger partial charge in [-0.25, -0.2) is 9.18 Å². The van der Waals surface area contributed by atoms with Crippen LogP contribution in [0.25, 0.3) is 0 Å². The van der Waals surface area contributed by atoms with Crippen molar-refractivity contribution in [3.63, 3.8) is 0 Å². The Morgan fingerprint density at radius 2 is 2.20 bits per heavy atom. The number of anilines is 1. The first-order valence-electron chi connectivity index (χ1n) is 3.71. The van der Waals surface area contributed by atoms with E-state index in [0.29, 0.717) is 0 Å². The SMILES string of the molecule is NC(=S)Nc1c(F)ccc(Br)c1C(=O)O. The van der Waals surface area contributed by atoms with Crippen molar-refractivity contribution >= 4 is 44.9 Å². The van der Waals surface area contributed by atoms with Crippen LogP contribution in [0.5, 0.6) is 0 Å². The van der Waals surface area contributed by atoms with Crippen LogP contribution < -0.4 is 11.1 Å². The summed E-state index contributed by atoms with van der Waals surface area (Å²) in [5.41, 5.74) is 4.66. The molecule has 0 saturated heterocycles. The van der Waals surface area contributed by atoms with E-state index in [1.54, 1.807) is 0 Å². The number of nitrogens with one attached hydrogen (secondary N) is 1. The Morgan fingerprint density at radius 1 is 1.60 bits per heavy atom. The average molecular weight is 293 g/mol. The summed E-state index contributed by atoms with van der Waals surface area (Å²) in [6, 6.07) is 2.40. The highest BCUT2D eigenvalue weighted by Gasteiger charge is 2.18. The Hall–Kier alpha value is -1.21. The van der Waals surface area contributed by atoms with Crippen LogP contribution in [0.4, 0.5) is 10.1 Å². The van der Waals surface area contributed by atoms with Crippen molar-refractivity contribution in [3.05, 3.63) is 28.0 Å². The molecule has 4 nitrogen and oxygen atoms in total. The summed E-state index contributed by atoms with van der Waals surface area (Å²) < 4.78 is 13.5. The van der Waals surface area contributed by atoms with Crippen LogP contribution >= 0.6 is 28.1 Å². The van der Waals surface area contributed by atoms with Crippen LogP contribution in [0, 0.1) is 5.82 Å². The van der Waals surface area contributed by atoms with E-state index in [1.807, 2.05) is 0 Å². The summed E-state index contributed by atoms with van der Waals surface area (Å²) >= 11 is 7.52. The molecule has 0 aliphatic heterocycles. The molecule has 4 N–H and O–H groups in total. The van der Waals surface area contributed by atoms with Gasteiger partial charge < -0.3 is 16.2 Å². The minimum atomic E-state index is -1.28. The predicted molar refractivity (Wildman–Crippen MR) is 61.5 cm³/mol. The van der Waals surface area contributed by atoms with E-state index in [2.05, 4.69) is 33.5 Å². The fraction of sp³-hybridized carbons (Fsp3) is 0. The summed E-state index contributed by atoms with van der Waals surface area (Å²) in [5.74, 6) is -2.01. The number of rotatable bonds is 2. The third kappa shape index (κ3) is 2.63. The van der Waals surface area contributed by atoms with E-state index < -0.39 is 11.8 Å². The first-order valence-corrected chi connectivity index (χ1v) is 4.91. The Labute approximate surface area is 98.4 Å². The fourth-order valence-electron chi connectivity index (χ4n) is 1.01. The Morgan fingerprint density at radius 3 is 2.67 bits per heavy atom. The van der Waals surface area contributed by atoms with E-state index >= 15 is 0 Å². The lowest BCUT2D eigenvalue weighted by molar-refractivity contribution is 0.0696. The van der Waals surface area contributed by atoms with Gasteiger partial charge in [-0.05, 0) is 40.3 Å². The van der Waals surface area contributed by atoms with Crippen LogP contribution in [0.2, 0.25) is 0 Å². The lowest BCUT2D eigenvalue weighted by atomic mass is 10.1. The van der Waals surface area contributed by atoms with Crippen LogP contribution in [0.15, 0.2) is 16.6 Å². The van der Waals surface area contributed by atoms with Crippen molar-refractivity contribution in [1.82, 2.24) is 0 Å². The first kappa shape index (κ1) is 11.9. The molecule has 15 heavy (non-hydrogen) atoms. The quantitative estimate of drug-likeness (QED) is 0.727. The second-order valence-corrected chi connectivity index (χ2v) is 3.87. The molecule has 0 amide bonds. The third-order valence-corrected chi connectivity index (χ3v) is 2.33. The number of halogens is 2. The number of aromatic carboxylic acids is 1. The predicted octanol–water partition coefficient (Wildman–Crippen LogP) is 1.94. The summed E-state index contributed by atoms with van der Waals surface area (Å²) in [5, 5.41) is 11.0. The van der Waals surface area contributed by atoms with Gasteiger partial charge in [0, 0.05) is 4.47 Å². The summed E-state index contributed by atoms with van der Waals surface area (Å²) in [4.78, 5) is 10.9. The Bertz CT molecular complexity index is 439. The summed E-state index contributed by atoms with van der Waals surface area (Å²) in [7, 11) is 0. The minimum Gasteiger partial charge on any atom is -0.478 e. The third-order valence-electron chi connectivity index (χ3n) is 1.57. The number of carbonyl (C=O) groups is 1. The van der Waals surface area contributed by atoms with Gasteiger partial charge in [0.2, 0.25) is 0 Å². The molecule has 0 atom stereocenters. The molecule has 0 fully saturated rings. The molecule has 0 unspecified atom stereocenters. The maximum absolute atomic E-state index is 13.3. The van der Waals surface area contributed by atoms with Crippen molar-refractivity contribution in [3.8, 4) is 0 Å². The lowest BCUT2D eigenvalue weighted by Gasteiger charge is -2.10. The number of benzene rings is 1. The molecule has 0 radical (unpaired) electrons. The van der Waals surface area contributed by atoms with Gasteiger partial charge in [-0.2, -0.15) is 0 Å². The number of carboxylic acid groups (broad SMARTS) is 1. The second kappa shape index (κ2) is 4.54. The highest BCUT2D eigenvalue weighted by Crippen LogP contribution is 2.27. The van der Waals surface area contributed by atoms with Gasteiger partial charge in [-0.1, -0.05) is 0 Å². The van der Waals surface area contributed by atoms with Crippen LogP contribution in [0.3, 0.4) is 0 Å². The molecule has 1 rings (SSSR count). The highest BCUT2D eigenvalue weighted by atomic mass is 79.9. The zero-order valence-electron chi connectivity index (χ0n) is 7.25. The minimum absolute atomic E-state index is 0.200. The number of nitrogens with two attached hydrogens (primary N) is 1. The standard InChI is InChI=1S/C8H6BrFN2O2S/c9-3-1-2-4(10)6(12-8(11)15)5(3)7(13)14/h1-2H,(H,13,14)(H3,11,12,15). The number of hydrogen-bond donors (Lipinski definition) is 3. The van der Waals surface area contributed by atoms with E-state index in [9.17, 15) is 9.18 Å². The Kier molecular flexibility index (Phi) is 3.59. The molecule has 1 aromatic carbocycles. The van der Waals surface area contributed by atoms with Gasteiger partial charge in [-0.15, -0.1) is 0 Å². The van der Waals surface area contributed by atoms with E-state index in [1.165, 1.54) is 6.07 Å². The van der Waals surface area contributed by atoms with E-state index in [4.69, 9.17) is 10.8 Å². The highest BCUT2D eigenvalue weighted by molar-refractivity contribution is 9.10. The molecule has 0 aliphatic rings. The molecule has 1 aromatic rings. The molecule has 0 heterocycles. The number of thiocarbonyl (C=S) groups is 1. The van der Waals surface area contributed by atoms with Gasteiger partial charge in [-0.3, -0.25) is 0 Å². The molecular formula is C8H6BrFN2O2S. The molecule has 0 saturated carbocycles. The van der Waals surface area contributed by atoms with E-state index in [-0.39, 0.29) is 20.8 Å². The Balaban J connectivity index is 3.38. The summed E-state index contributed by atoms with van der Waals surface area (Å²) in [6.45, 7) is 0. The van der Waals surface area contributed by atoms with Gasteiger partial charge in [0.25, 0.3) is 0 Å². The van der Waals surface area contributed by atoms with Gasteiger partial charge >= 0.3 is 5.97 Å². The molecule has 7 heteroatoms. The number of carboxylic acids is 1. The van der Waals surface area contributed by atoms with Crippen molar-refractivity contribution in [2.24, 2.45) is 5.73 Å². The molecular weight excluding hydrogens is 287 g/mol. The topological polar surface area (TPSA) is 75.3 Å².